The van der Waals surface area contributed by atoms with E-state index in [-0.39, 0.29) is 11.5 Å². The van der Waals surface area contributed by atoms with E-state index < -0.39 is 0 Å². The maximum absolute atomic E-state index is 11.7. The normalized spacial score (nSPS) is 26.9. The molecule has 1 aliphatic rings. The summed E-state index contributed by atoms with van der Waals surface area (Å²) in [6.07, 6.45) is 3.05. The number of nitrogens with zero attached hydrogens (tertiary/aromatic N) is 1. The zero-order valence-electron chi connectivity index (χ0n) is 10.5. The van der Waals surface area contributed by atoms with Gasteiger partial charge >= 0.3 is 6.09 Å². The Morgan fingerprint density at radius 3 is 2.40 bits per heavy atom. The first-order valence-corrected chi connectivity index (χ1v) is 5.78. The van der Waals surface area contributed by atoms with Gasteiger partial charge in [-0.05, 0) is 24.7 Å². The molecule has 0 N–H and O–H groups in total. The molecule has 1 heterocycles. The van der Waals surface area contributed by atoms with E-state index in [1.54, 1.807) is 0 Å². The Morgan fingerprint density at radius 1 is 1.40 bits per heavy atom. The number of amides is 1. The standard InChI is InChI=1S/C12H23NO2/c1-6-9-7-8-10(12(2,3)4)13(9)11(14)15-5/h9-10H,6-8H2,1-5H3. The lowest BCUT2D eigenvalue weighted by molar-refractivity contribution is 0.0721. The second kappa shape index (κ2) is 4.42. The molecular formula is C12H23NO2. The summed E-state index contributed by atoms with van der Waals surface area (Å²) < 4.78 is 4.88. The van der Waals surface area contributed by atoms with Gasteiger partial charge in [-0.3, -0.25) is 0 Å². The lowest BCUT2D eigenvalue weighted by atomic mass is 9.85. The average Bonchev–Trinajstić information content (AvgIpc) is 2.59. The van der Waals surface area contributed by atoms with Gasteiger partial charge in [-0.2, -0.15) is 0 Å². The summed E-state index contributed by atoms with van der Waals surface area (Å²) in [6.45, 7) is 8.69. The van der Waals surface area contributed by atoms with Gasteiger partial charge in [0.2, 0.25) is 0 Å². The van der Waals surface area contributed by atoms with Crippen molar-refractivity contribution >= 4 is 6.09 Å². The number of ether oxygens (including phenoxy) is 1. The molecule has 1 aliphatic heterocycles. The third kappa shape index (κ3) is 2.44. The number of carbonyl (C=O) groups is 1. The molecule has 2 atom stereocenters. The monoisotopic (exact) mass is 213 g/mol. The van der Waals surface area contributed by atoms with E-state index in [1.807, 2.05) is 4.90 Å². The highest BCUT2D eigenvalue weighted by molar-refractivity contribution is 5.68. The van der Waals surface area contributed by atoms with Gasteiger partial charge in [0.1, 0.15) is 0 Å². The predicted octanol–water partition coefficient (Wildman–Crippen LogP) is 3.04. The maximum atomic E-state index is 11.7. The summed E-state index contributed by atoms with van der Waals surface area (Å²) in [5.41, 5.74) is 0.137. The topological polar surface area (TPSA) is 29.5 Å². The third-order valence-electron chi connectivity index (χ3n) is 3.36. The second-order valence-electron chi connectivity index (χ2n) is 5.40. The summed E-state index contributed by atoms with van der Waals surface area (Å²) >= 11 is 0. The van der Waals surface area contributed by atoms with Crippen LogP contribution in [0, 0.1) is 5.41 Å². The molecule has 1 amide bonds. The molecule has 0 aromatic carbocycles. The quantitative estimate of drug-likeness (QED) is 0.670. The molecule has 0 aliphatic carbocycles. The van der Waals surface area contributed by atoms with Crippen LogP contribution in [0.1, 0.15) is 47.0 Å². The minimum Gasteiger partial charge on any atom is -0.453 e. The second-order valence-corrected chi connectivity index (χ2v) is 5.40. The van der Waals surface area contributed by atoms with E-state index in [1.165, 1.54) is 7.11 Å². The van der Waals surface area contributed by atoms with Crippen molar-refractivity contribution in [3.05, 3.63) is 0 Å². The van der Waals surface area contributed by atoms with Crippen LogP contribution in [0.25, 0.3) is 0 Å². The number of carbonyl (C=O) groups excluding carboxylic acids is 1. The highest BCUT2D eigenvalue weighted by Gasteiger charge is 2.42. The van der Waals surface area contributed by atoms with E-state index in [4.69, 9.17) is 4.74 Å². The smallest absolute Gasteiger partial charge is 0.409 e. The third-order valence-corrected chi connectivity index (χ3v) is 3.36. The first kappa shape index (κ1) is 12.3. The Hall–Kier alpha value is -0.730. The lowest BCUT2D eigenvalue weighted by Crippen LogP contribution is -2.46. The number of methoxy groups -OCH3 is 1. The van der Waals surface area contributed by atoms with E-state index in [0.717, 1.165) is 19.3 Å². The highest BCUT2D eigenvalue weighted by Crippen LogP contribution is 2.37. The van der Waals surface area contributed by atoms with E-state index in [2.05, 4.69) is 27.7 Å². The molecule has 0 bridgehead atoms. The van der Waals surface area contributed by atoms with Crippen molar-refractivity contribution in [3.8, 4) is 0 Å². The Morgan fingerprint density at radius 2 is 2.00 bits per heavy atom. The van der Waals surface area contributed by atoms with Gasteiger partial charge in [0.15, 0.2) is 0 Å². The fourth-order valence-electron chi connectivity index (χ4n) is 2.52. The number of hydrogen-bond acceptors (Lipinski definition) is 2. The number of rotatable bonds is 1. The van der Waals surface area contributed by atoms with Gasteiger partial charge in [0, 0.05) is 12.1 Å². The molecule has 1 rings (SSSR count). The predicted molar refractivity (Wildman–Crippen MR) is 60.8 cm³/mol. The van der Waals surface area contributed by atoms with Gasteiger partial charge in [-0.15, -0.1) is 0 Å². The van der Waals surface area contributed by atoms with Crippen LogP contribution in [0.5, 0.6) is 0 Å². The highest BCUT2D eigenvalue weighted by atomic mass is 16.5. The first-order chi connectivity index (χ1) is 6.91. The fourth-order valence-corrected chi connectivity index (χ4v) is 2.52. The number of hydrogen-bond donors (Lipinski definition) is 0. The van der Waals surface area contributed by atoms with Crippen LogP contribution in [0.2, 0.25) is 0 Å². The molecule has 0 aromatic rings. The Balaban J connectivity index is 2.86. The van der Waals surface area contributed by atoms with Crippen molar-refractivity contribution < 1.29 is 9.53 Å². The van der Waals surface area contributed by atoms with Gasteiger partial charge in [0.05, 0.1) is 7.11 Å². The van der Waals surface area contributed by atoms with Crippen LogP contribution in [0.3, 0.4) is 0 Å². The Kier molecular flexibility index (Phi) is 3.63. The Bertz CT molecular complexity index is 232. The summed E-state index contributed by atoms with van der Waals surface area (Å²) in [5.74, 6) is 0. The molecule has 0 spiro atoms. The summed E-state index contributed by atoms with van der Waals surface area (Å²) in [6, 6.07) is 0.677. The minimum atomic E-state index is -0.167. The Labute approximate surface area is 92.8 Å². The van der Waals surface area contributed by atoms with Crippen LogP contribution >= 0.6 is 0 Å². The van der Waals surface area contributed by atoms with Crippen molar-refractivity contribution in [2.24, 2.45) is 5.41 Å². The first-order valence-electron chi connectivity index (χ1n) is 5.78. The summed E-state index contributed by atoms with van der Waals surface area (Å²) in [5, 5.41) is 0. The van der Waals surface area contributed by atoms with Crippen LogP contribution in [-0.2, 0) is 4.74 Å². The van der Waals surface area contributed by atoms with Gasteiger partial charge < -0.3 is 9.64 Å². The molecule has 1 fully saturated rings. The van der Waals surface area contributed by atoms with E-state index in [0.29, 0.717) is 12.1 Å². The van der Waals surface area contributed by atoms with Crippen LogP contribution in [0.15, 0.2) is 0 Å². The fraction of sp³-hybridized carbons (Fsp3) is 0.917. The number of likely N-dealkylation sites (tertiary alicyclic amines) is 1. The molecule has 88 valence electrons. The van der Waals surface area contributed by atoms with Crippen molar-refractivity contribution in [1.29, 1.82) is 0 Å². The molecule has 15 heavy (non-hydrogen) atoms. The summed E-state index contributed by atoms with van der Waals surface area (Å²) in [7, 11) is 1.47. The molecule has 2 unspecified atom stereocenters. The van der Waals surface area contributed by atoms with Crippen LogP contribution in [-0.4, -0.2) is 30.2 Å². The molecular weight excluding hydrogens is 190 g/mol. The van der Waals surface area contributed by atoms with Gasteiger partial charge in [-0.1, -0.05) is 27.7 Å². The zero-order chi connectivity index (χ0) is 11.6. The van der Waals surface area contributed by atoms with Gasteiger partial charge in [0.25, 0.3) is 0 Å². The van der Waals surface area contributed by atoms with Crippen molar-refractivity contribution in [3.63, 3.8) is 0 Å². The van der Waals surface area contributed by atoms with E-state index >= 15 is 0 Å². The minimum absolute atomic E-state index is 0.137. The maximum Gasteiger partial charge on any atom is 0.409 e. The molecule has 0 saturated carbocycles. The van der Waals surface area contributed by atoms with Gasteiger partial charge in [-0.25, -0.2) is 4.79 Å². The molecule has 1 saturated heterocycles. The van der Waals surface area contributed by atoms with Crippen molar-refractivity contribution in [1.82, 2.24) is 4.90 Å². The molecule has 3 heteroatoms. The van der Waals surface area contributed by atoms with E-state index in [9.17, 15) is 4.79 Å². The van der Waals surface area contributed by atoms with Crippen molar-refractivity contribution in [2.45, 2.75) is 59.0 Å². The zero-order valence-corrected chi connectivity index (χ0v) is 10.5. The molecule has 0 aromatic heterocycles. The van der Waals surface area contributed by atoms with Crippen molar-refractivity contribution in [2.75, 3.05) is 7.11 Å². The average molecular weight is 213 g/mol. The van der Waals surface area contributed by atoms with Crippen LogP contribution < -0.4 is 0 Å². The molecule has 0 radical (unpaired) electrons. The largest absolute Gasteiger partial charge is 0.453 e. The van der Waals surface area contributed by atoms with Crippen LogP contribution in [0.4, 0.5) is 4.79 Å². The summed E-state index contributed by atoms with van der Waals surface area (Å²) in [4.78, 5) is 13.7. The molecule has 3 nitrogen and oxygen atoms in total. The lowest BCUT2D eigenvalue weighted by Gasteiger charge is -2.36. The SMILES string of the molecule is CCC1CCC(C(C)(C)C)N1C(=O)OC.